The van der Waals surface area contributed by atoms with E-state index in [0.717, 1.165) is 11.1 Å². The van der Waals surface area contributed by atoms with Gasteiger partial charge in [0.15, 0.2) is 0 Å². The molecule has 0 saturated carbocycles. The van der Waals surface area contributed by atoms with Crippen LogP contribution in [-0.2, 0) is 10.0 Å². The van der Waals surface area contributed by atoms with Crippen molar-refractivity contribution in [2.24, 2.45) is 5.10 Å². The van der Waals surface area contributed by atoms with E-state index in [1.165, 1.54) is 0 Å². The highest BCUT2D eigenvalue weighted by atomic mass is 35.5. The number of halogens is 1. The third kappa shape index (κ3) is 5.92. The first kappa shape index (κ1) is 23.3. The molecule has 0 aliphatic rings. The molecule has 0 radical (unpaired) electrons. The number of hydrogen-bond acceptors (Lipinski definition) is 6. The predicted octanol–water partition coefficient (Wildman–Crippen LogP) is 6.08. The van der Waals surface area contributed by atoms with Gasteiger partial charge in [-0.1, -0.05) is 29.8 Å². The lowest BCUT2D eigenvalue weighted by atomic mass is 10.2. The summed E-state index contributed by atoms with van der Waals surface area (Å²) >= 11 is 6.12. The lowest BCUT2D eigenvalue weighted by Crippen LogP contribution is -2.15. The summed E-state index contributed by atoms with van der Waals surface area (Å²) in [6.07, 6.45) is 4.90. The quantitative estimate of drug-likeness (QED) is 0.229. The number of aromatic nitrogens is 1. The molecule has 0 saturated heterocycles. The number of anilines is 2. The van der Waals surface area contributed by atoms with Crippen molar-refractivity contribution in [2.75, 3.05) is 10.1 Å². The van der Waals surface area contributed by atoms with E-state index in [4.69, 9.17) is 16.3 Å². The molecule has 2 N–H and O–H groups in total. The van der Waals surface area contributed by atoms with Crippen LogP contribution < -0.4 is 14.9 Å². The van der Waals surface area contributed by atoms with Gasteiger partial charge in [0.2, 0.25) is 0 Å². The van der Waals surface area contributed by atoms with Gasteiger partial charge in [-0.15, -0.1) is 0 Å². The smallest absolute Gasteiger partial charge is 0.264 e. The Hall–Kier alpha value is -3.88. The number of nitrogens with one attached hydrogen (secondary N) is 2. The van der Waals surface area contributed by atoms with Crippen molar-refractivity contribution in [1.82, 2.24) is 4.98 Å². The second-order valence-electron chi connectivity index (χ2n) is 7.31. The fourth-order valence-corrected chi connectivity index (χ4v) is 4.59. The Morgan fingerprint density at radius 1 is 0.941 bits per heavy atom. The molecule has 0 amide bonds. The van der Waals surface area contributed by atoms with Crippen LogP contribution in [0.5, 0.6) is 11.5 Å². The largest absolute Gasteiger partial charge is 0.456 e. The van der Waals surface area contributed by atoms with Gasteiger partial charge in [0.1, 0.15) is 16.4 Å². The lowest BCUT2D eigenvalue weighted by Gasteiger charge is -2.13. The maximum atomic E-state index is 13.1. The molecule has 4 aromatic rings. The van der Waals surface area contributed by atoms with E-state index in [-0.39, 0.29) is 4.90 Å². The molecular weight excluding hydrogens is 472 g/mol. The van der Waals surface area contributed by atoms with E-state index in [9.17, 15) is 8.42 Å². The number of nitrogens with zero attached hydrogens (tertiary/aromatic N) is 2. The van der Waals surface area contributed by atoms with Gasteiger partial charge in [-0.25, -0.2) is 8.42 Å². The monoisotopic (exact) mass is 492 g/mol. The number of hydrazone groups is 1. The molecule has 0 aliphatic carbocycles. The van der Waals surface area contributed by atoms with Crippen LogP contribution in [0.15, 0.2) is 101 Å². The fourth-order valence-electron chi connectivity index (χ4n) is 3.03. The summed E-state index contributed by atoms with van der Waals surface area (Å²) in [6.45, 7) is 1.82. The molecule has 0 aliphatic heterocycles. The first-order valence-corrected chi connectivity index (χ1v) is 12.1. The van der Waals surface area contributed by atoms with Crippen LogP contribution in [0.1, 0.15) is 11.1 Å². The number of sulfonamides is 1. The Kier molecular flexibility index (Phi) is 7.10. The van der Waals surface area contributed by atoms with Gasteiger partial charge in [0, 0.05) is 6.20 Å². The summed E-state index contributed by atoms with van der Waals surface area (Å²) in [5, 5.41) is 4.52. The number of pyridine rings is 1. The van der Waals surface area contributed by atoms with Crippen molar-refractivity contribution in [2.45, 2.75) is 11.8 Å². The van der Waals surface area contributed by atoms with Gasteiger partial charge >= 0.3 is 0 Å². The zero-order valence-corrected chi connectivity index (χ0v) is 19.7. The second-order valence-corrected chi connectivity index (χ2v) is 9.37. The second kappa shape index (κ2) is 10.4. The number of benzene rings is 3. The normalized spacial score (nSPS) is 11.4. The Morgan fingerprint density at radius 2 is 1.74 bits per heavy atom. The van der Waals surface area contributed by atoms with Crippen molar-refractivity contribution >= 4 is 39.2 Å². The summed E-state index contributed by atoms with van der Waals surface area (Å²) in [6, 6.07) is 22.6. The summed E-state index contributed by atoms with van der Waals surface area (Å²) < 4.78 is 34.4. The van der Waals surface area contributed by atoms with Gasteiger partial charge in [0.25, 0.3) is 10.0 Å². The first-order valence-electron chi connectivity index (χ1n) is 10.3. The van der Waals surface area contributed by atoms with Crippen molar-refractivity contribution in [3.8, 4) is 11.5 Å². The van der Waals surface area contributed by atoms with Gasteiger partial charge in [-0.05, 0) is 78.7 Å². The van der Waals surface area contributed by atoms with Gasteiger partial charge in [-0.3, -0.25) is 15.1 Å². The van der Waals surface area contributed by atoms with Gasteiger partial charge in [0.05, 0.1) is 28.8 Å². The van der Waals surface area contributed by atoms with Crippen LogP contribution in [0.3, 0.4) is 0 Å². The first-order chi connectivity index (χ1) is 16.4. The molecule has 0 atom stereocenters. The summed E-state index contributed by atoms with van der Waals surface area (Å²) in [7, 11) is -3.91. The highest BCUT2D eigenvalue weighted by Crippen LogP contribution is 2.28. The maximum Gasteiger partial charge on any atom is 0.264 e. The molecule has 7 nitrogen and oxygen atoms in total. The molecule has 0 unspecified atom stereocenters. The van der Waals surface area contributed by atoms with E-state index < -0.39 is 10.0 Å². The SMILES string of the molecule is Cc1ccc(N/N=C/c2ccc(Oc3cccnc3)cc2)c(S(=O)(=O)Nc2ccccc2Cl)c1. The average Bonchev–Trinajstić information content (AvgIpc) is 2.83. The fraction of sp³-hybridized carbons (Fsp3) is 0.0400. The number of ether oxygens (including phenoxy) is 1. The lowest BCUT2D eigenvalue weighted by molar-refractivity contribution is 0.480. The molecule has 0 fully saturated rings. The van der Waals surface area contributed by atoms with E-state index in [2.05, 4.69) is 20.2 Å². The summed E-state index contributed by atoms with van der Waals surface area (Å²) in [4.78, 5) is 4.08. The summed E-state index contributed by atoms with van der Waals surface area (Å²) in [5.74, 6) is 1.31. The van der Waals surface area contributed by atoms with Gasteiger partial charge < -0.3 is 4.74 Å². The Morgan fingerprint density at radius 3 is 2.47 bits per heavy atom. The van der Waals surface area contributed by atoms with Crippen molar-refractivity contribution < 1.29 is 13.2 Å². The number of rotatable bonds is 8. The van der Waals surface area contributed by atoms with E-state index in [1.807, 2.05) is 37.3 Å². The van der Waals surface area contributed by atoms with Gasteiger partial charge in [-0.2, -0.15) is 5.10 Å². The maximum absolute atomic E-state index is 13.1. The Labute approximate surface area is 203 Å². The zero-order chi connectivity index (χ0) is 24.0. The molecule has 0 bridgehead atoms. The van der Waals surface area contributed by atoms with E-state index in [0.29, 0.717) is 27.9 Å². The molecule has 34 heavy (non-hydrogen) atoms. The van der Waals surface area contributed by atoms with Crippen LogP contribution in [0.2, 0.25) is 5.02 Å². The Balaban J connectivity index is 1.48. The third-order valence-corrected chi connectivity index (χ3v) is 6.43. The average molecular weight is 493 g/mol. The molecule has 1 heterocycles. The predicted molar refractivity (Wildman–Crippen MR) is 135 cm³/mol. The minimum atomic E-state index is -3.91. The molecule has 1 aromatic heterocycles. The number of hydrogen-bond donors (Lipinski definition) is 2. The highest BCUT2D eigenvalue weighted by molar-refractivity contribution is 7.93. The minimum Gasteiger partial charge on any atom is -0.456 e. The van der Waals surface area contributed by atoms with Crippen LogP contribution in [0.4, 0.5) is 11.4 Å². The van der Waals surface area contributed by atoms with Crippen LogP contribution in [-0.4, -0.2) is 19.6 Å². The number of aryl methyl sites for hydroxylation is 1. The zero-order valence-electron chi connectivity index (χ0n) is 18.1. The molecule has 172 valence electrons. The van der Waals surface area contributed by atoms with E-state index in [1.54, 1.807) is 67.1 Å². The number of para-hydroxylation sites is 1. The molecule has 9 heteroatoms. The van der Waals surface area contributed by atoms with Crippen LogP contribution in [0, 0.1) is 6.92 Å². The molecule has 0 spiro atoms. The van der Waals surface area contributed by atoms with Crippen LogP contribution >= 0.6 is 11.6 Å². The van der Waals surface area contributed by atoms with Crippen molar-refractivity contribution in [3.05, 3.63) is 107 Å². The third-order valence-electron chi connectivity index (χ3n) is 4.69. The van der Waals surface area contributed by atoms with Crippen molar-refractivity contribution in [1.29, 1.82) is 0 Å². The molecular formula is C25H21ClN4O3S. The van der Waals surface area contributed by atoms with E-state index >= 15 is 0 Å². The molecule has 4 rings (SSSR count). The van der Waals surface area contributed by atoms with Crippen molar-refractivity contribution in [3.63, 3.8) is 0 Å². The van der Waals surface area contributed by atoms with Crippen LogP contribution in [0.25, 0.3) is 0 Å². The highest BCUT2D eigenvalue weighted by Gasteiger charge is 2.20. The topological polar surface area (TPSA) is 92.7 Å². The standard InChI is InChI=1S/C25H21ClN4O3S/c1-18-8-13-24(25(15-18)34(31,32)30-23-7-3-2-6-22(23)26)29-28-16-19-9-11-20(12-10-19)33-21-5-4-14-27-17-21/h2-17,29-30H,1H3/b28-16+. The Bertz CT molecular complexity index is 1410. The summed E-state index contributed by atoms with van der Waals surface area (Å²) in [5.41, 5.74) is 5.05. The molecule has 3 aromatic carbocycles. The minimum absolute atomic E-state index is 0.0600.